The lowest BCUT2D eigenvalue weighted by atomic mass is 10.2. The van der Waals surface area contributed by atoms with Crippen LogP contribution in [0.25, 0.3) is 10.2 Å². The van der Waals surface area contributed by atoms with Gasteiger partial charge in [-0.2, -0.15) is 0 Å². The second kappa shape index (κ2) is 7.41. The highest BCUT2D eigenvalue weighted by Crippen LogP contribution is 2.30. The van der Waals surface area contributed by atoms with Crippen LogP contribution in [0.5, 0.6) is 0 Å². The van der Waals surface area contributed by atoms with Crippen molar-refractivity contribution in [3.8, 4) is 0 Å². The standard InChI is InChI=1S/C17H15N3O5S2/c1-2-9-27(24,25)15-6-4-3-5-12(15)16(21)19-17-18-13-8-7-11(20(22)23)10-14(13)26-17/h3-8,10H,2,9H2,1H3,(H,18,19,21). The number of benzene rings is 2. The molecule has 1 amide bonds. The number of carbonyl (C=O) groups is 1. The van der Waals surface area contributed by atoms with E-state index in [1.54, 1.807) is 19.1 Å². The van der Waals surface area contributed by atoms with E-state index in [4.69, 9.17) is 0 Å². The fourth-order valence-electron chi connectivity index (χ4n) is 2.55. The van der Waals surface area contributed by atoms with Crippen molar-refractivity contribution in [3.63, 3.8) is 0 Å². The predicted octanol–water partition coefficient (Wildman–Crippen LogP) is 3.64. The summed E-state index contributed by atoms with van der Waals surface area (Å²) >= 11 is 1.08. The largest absolute Gasteiger partial charge is 0.298 e. The monoisotopic (exact) mass is 405 g/mol. The van der Waals surface area contributed by atoms with Gasteiger partial charge < -0.3 is 0 Å². The number of nitro benzene ring substituents is 1. The zero-order chi connectivity index (χ0) is 19.6. The van der Waals surface area contributed by atoms with E-state index >= 15 is 0 Å². The molecule has 2 aromatic carbocycles. The minimum absolute atomic E-state index is 0.0268. The number of rotatable bonds is 6. The van der Waals surface area contributed by atoms with Gasteiger partial charge >= 0.3 is 0 Å². The maximum atomic E-state index is 12.6. The summed E-state index contributed by atoms with van der Waals surface area (Å²) < 4.78 is 25.3. The first-order chi connectivity index (χ1) is 12.8. The third kappa shape index (κ3) is 3.96. The molecule has 0 atom stereocenters. The van der Waals surface area contributed by atoms with Crippen LogP contribution < -0.4 is 5.32 Å². The zero-order valence-electron chi connectivity index (χ0n) is 14.2. The molecule has 0 aliphatic heterocycles. The molecule has 1 N–H and O–H groups in total. The van der Waals surface area contributed by atoms with Crippen LogP contribution in [0.4, 0.5) is 10.8 Å². The molecule has 140 valence electrons. The molecule has 0 saturated heterocycles. The summed E-state index contributed by atoms with van der Waals surface area (Å²) in [4.78, 5) is 27.2. The number of carbonyl (C=O) groups excluding carboxylic acids is 1. The first-order valence-electron chi connectivity index (χ1n) is 8.00. The molecule has 0 aliphatic rings. The van der Waals surface area contributed by atoms with Crippen LogP contribution in [0.3, 0.4) is 0 Å². The third-order valence-corrected chi connectivity index (χ3v) is 6.65. The van der Waals surface area contributed by atoms with Gasteiger partial charge in [0.25, 0.3) is 11.6 Å². The van der Waals surface area contributed by atoms with Gasteiger partial charge in [0.2, 0.25) is 0 Å². The summed E-state index contributed by atoms with van der Waals surface area (Å²) in [7, 11) is -3.57. The first-order valence-corrected chi connectivity index (χ1v) is 10.5. The number of aromatic nitrogens is 1. The molecule has 3 rings (SSSR count). The number of sulfone groups is 1. The first kappa shape index (κ1) is 18.9. The molecule has 10 heteroatoms. The van der Waals surface area contributed by atoms with E-state index in [1.165, 1.54) is 30.3 Å². The van der Waals surface area contributed by atoms with E-state index in [1.807, 2.05) is 0 Å². The fraction of sp³-hybridized carbons (Fsp3) is 0.176. The molecular formula is C17H15N3O5S2. The molecule has 0 saturated carbocycles. The molecule has 0 unspecified atom stereocenters. The van der Waals surface area contributed by atoms with Crippen LogP contribution in [-0.2, 0) is 9.84 Å². The summed E-state index contributed by atoms with van der Waals surface area (Å²) in [5.41, 5.74) is 0.476. The number of nitrogens with one attached hydrogen (secondary N) is 1. The summed E-state index contributed by atoms with van der Waals surface area (Å²) in [6, 6.07) is 10.2. The number of amides is 1. The van der Waals surface area contributed by atoms with Crippen molar-refractivity contribution in [2.45, 2.75) is 18.2 Å². The molecule has 0 bridgehead atoms. The Labute approximate surface area is 158 Å². The lowest BCUT2D eigenvalue weighted by Gasteiger charge is -2.09. The molecule has 1 heterocycles. The number of nitrogens with zero attached hydrogens (tertiary/aromatic N) is 2. The Kier molecular flexibility index (Phi) is 5.19. The van der Waals surface area contributed by atoms with Crippen molar-refractivity contribution in [2.75, 3.05) is 11.1 Å². The lowest BCUT2D eigenvalue weighted by Crippen LogP contribution is -2.17. The zero-order valence-corrected chi connectivity index (χ0v) is 15.8. The molecule has 3 aromatic rings. The minimum Gasteiger partial charge on any atom is -0.298 e. The van der Waals surface area contributed by atoms with E-state index in [0.29, 0.717) is 16.6 Å². The van der Waals surface area contributed by atoms with Gasteiger partial charge in [0, 0.05) is 12.1 Å². The number of fused-ring (bicyclic) bond motifs is 1. The van der Waals surface area contributed by atoms with Crippen LogP contribution in [0.2, 0.25) is 0 Å². The topological polar surface area (TPSA) is 119 Å². The van der Waals surface area contributed by atoms with Gasteiger partial charge in [-0.05, 0) is 24.6 Å². The molecule has 0 radical (unpaired) electrons. The summed E-state index contributed by atoms with van der Waals surface area (Å²) in [6.45, 7) is 1.75. The molecule has 0 spiro atoms. The molecule has 1 aromatic heterocycles. The van der Waals surface area contributed by atoms with E-state index in [2.05, 4.69) is 10.3 Å². The van der Waals surface area contributed by atoms with Crippen molar-refractivity contribution >= 4 is 48.1 Å². The Hall–Kier alpha value is -2.85. The second-order valence-corrected chi connectivity index (χ2v) is 8.81. The lowest BCUT2D eigenvalue weighted by molar-refractivity contribution is -0.384. The van der Waals surface area contributed by atoms with E-state index < -0.39 is 20.7 Å². The Bertz CT molecular complexity index is 1140. The fourth-order valence-corrected chi connectivity index (χ4v) is 4.98. The average Bonchev–Trinajstić information content (AvgIpc) is 3.02. The van der Waals surface area contributed by atoms with E-state index in [9.17, 15) is 23.3 Å². The molecule has 0 fully saturated rings. The quantitative estimate of drug-likeness (QED) is 0.494. The predicted molar refractivity (Wildman–Crippen MR) is 103 cm³/mol. The normalized spacial score (nSPS) is 11.4. The molecule has 8 nitrogen and oxygen atoms in total. The molecular weight excluding hydrogens is 390 g/mol. The molecule has 27 heavy (non-hydrogen) atoms. The van der Waals surface area contributed by atoms with Gasteiger partial charge in [-0.3, -0.25) is 20.2 Å². The van der Waals surface area contributed by atoms with Crippen LogP contribution in [-0.4, -0.2) is 30.0 Å². The number of anilines is 1. The maximum Gasteiger partial charge on any atom is 0.270 e. The Balaban J connectivity index is 1.92. The highest BCUT2D eigenvalue weighted by molar-refractivity contribution is 7.91. The van der Waals surface area contributed by atoms with E-state index in [0.717, 1.165) is 11.3 Å². The summed E-state index contributed by atoms with van der Waals surface area (Å²) in [6.07, 6.45) is 0.439. The molecule has 0 aliphatic carbocycles. The van der Waals surface area contributed by atoms with E-state index in [-0.39, 0.29) is 27.0 Å². The average molecular weight is 405 g/mol. The third-order valence-electron chi connectivity index (χ3n) is 3.74. The highest BCUT2D eigenvalue weighted by Gasteiger charge is 2.22. The van der Waals surface area contributed by atoms with Crippen LogP contribution in [0, 0.1) is 10.1 Å². The Morgan fingerprint density at radius 1 is 1.26 bits per heavy atom. The summed E-state index contributed by atoms with van der Waals surface area (Å²) in [5, 5.41) is 13.7. The van der Waals surface area contributed by atoms with Crippen molar-refractivity contribution < 1.29 is 18.1 Å². The number of nitro groups is 1. The van der Waals surface area contributed by atoms with Gasteiger partial charge in [0.05, 0.1) is 31.4 Å². The number of hydrogen-bond donors (Lipinski definition) is 1. The summed E-state index contributed by atoms with van der Waals surface area (Å²) in [5.74, 6) is -0.652. The van der Waals surface area contributed by atoms with Gasteiger partial charge in [0.1, 0.15) is 0 Å². The van der Waals surface area contributed by atoms with Gasteiger partial charge in [-0.1, -0.05) is 30.4 Å². The van der Waals surface area contributed by atoms with Gasteiger partial charge in [-0.25, -0.2) is 13.4 Å². The van der Waals surface area contributed by atoms with Crippen molar-refractivity contribution in [3.05, 3.63) is 58.1 Å². The SMILES string of the molecule is CCCS(=O)(=O)c1ccccc1C(=O)Nc1nc2ccc([N+](=O)[O-])cc2s1. The van der Waals surface area contributed by atoms with Gasteiger partial charge in [0.15, 0.2) is 15.0 Å². The van der Waals surface area contributed by atoms with Crippen LogP contribution >= 0.6 is 11.3 Å². The van der Waals surface area contributed by atoms with Crippen LogP contribution in [0.15, 0.2) is 47.4 Å². The maximum absolute atomic E-state index is 12.6. The van der Waals surface area contributed by atoms with Gasteiger partial charge in [-0.15, -0.1) is 0 Å². The minimum atomic E-state index is -3.57. The number of hydrogen-bond acceptors (Lipinski definition) is 7. The van der Waals surface area contributed by atoms with Crippen molar-refractivity contribution in [1.29, 1.82) is 0 Å². The number of thiazole rings is 1. The Morgan fingerprint density at radius 3 is 2.70 bits per heavy atom. The van der Waals surface area contributed by atoms with Crippen molar-refractivity contribution in [1.82, 2.24) is 4.98 Å². The highest BCUT2D eigenvalue weighted by atomic mass is 32.2. The smallest absolute Gasteiger partial charge is 0.270 e. The van der Waals surface area contributed by atoms with Crippen molar-refractivity contribution in [2.24, 2.45) is 0 Å². The van der Waals surface area contributed by atoms with Crippen LogP contribution in [0.1, 0.15) is 23.7 Å². The Morgan fingerprint density at radius 2 is 2.00 bits per heavy atom. The number of non-ortho nitro benzene ring substituents is 1. The second-order valence-electron chi connectivity index (χ2n) is 5.70.